The second-order valence-electron chi connectivity index (χ2n) is 7.64. The van der Waals surface area contributed by atoms with E-state index in [9.17, 15) is 14.4 Å². The zero-order valence-electron chi connectivity index (χ0n) is 16.2. The van der Waals surface area contributed by atoms with E-state index in [-0.39, 0.29) is 12.5 Å². The van der Waals surface area contributed by atoms with Crippen LogP contribution in [0.4, 0.5) is 16.2 Å². The Bertz CT molecular complexity index is 746. The van der Waals surface area contributed by atoms with Gasteiger partial charge in [-0.3, -0.25) is 9.59 Å². The van der Waals surface area contributed by atoms with Crippen LogP contribution in [-0.4, -0.2) is 30.1 Å². The van der Waals surface area contributed by atoms with Crippen LogP contribution < -0.4 is 16.0 Å². The summed E-state index contributed by atoms with van der Waals surface area (Å²) >= 11 is 0. The second-order valence-corrected chi connectivity index (χ2v) is 7.64. The molecule has 0 aliphatic heterocycles. The first-order valence-corrected chi connectivity index (χ1v) is 8.98. The Balaban J connectivity index is 1.83. The van der Waals surface area contributed by atoms with E-state index >= 15 is 0 Å². The van der Waals surface area contributed by atoms with Crippen LogP contribution in [-0.2, 0) is 14.3 Å². The molecule has 1 saturated carbocycles. The van der Waals surface area contributed by atoms with E-state index < -0.39 is 17.6 Å². The minimum atomic E-state index is -0.656. The summed E-state index contributed by atoms with van der Waals surface area (Å²) in [5.74, 6) is -0.0397. The van der Waals surface area contributed by atoms with Crippen LogP contribution in [0.1, 0.15) is 40.5 Å². The smallest absolute Gasteiger partial charge is 0.408 e. The molecule has 1 aliphatic rings. The van der Waals surface area contributed by atoms with Crippen molar-refractivity contribution >= 4 is 29.3 Å². The standard InChI is InChI=1S/C20H27N3O4/c1-13(14-8-9-14)10-17(24)22-15-6-5-7-16(11-15)23-18(25)12-21-19(26)27-20(2,3)4/h5-7,10-11,14H,8-9,12H2,1-4H3,(H,21,26)(H,22,24)(H,23,25)/b13-10+. The maximum absolute atomic E-state index is 12.0. The van der Waals surface area contributed by atoms with Crippen molar-refractivity contribution in [3.05, 3.63) is 35.9 Å². The number of hydrogen-bond acceptors (Lipinski definition) is 4. The molecule has 146 valence electrons. The summed E-state index contributed by atoms with van der Waals surface area (Å²) in [6, 6.07) is 6.83. The lowest BCUT2D eigenvalue weighted by molar-refractivity contribution is -0.115. The largest absolute Gasteiger partial charge is 0.444 e. The first-order chi connectivity index (χ1) is 12.6. The first-order valence-electron chi connectivity index (χ1n) is 8.98. The van der Waals surface area contributed by atoms with Gasteiger partial charge in [-0.2, -0.15) is 0 Å². The topological polar surface area (TPSA) is 96.5 Å². The van der Waals surface area contributed by atoms with Crippen LogP contribution in [0.15, 0.2) is 35.9 Å². The van der Waals surface area contributed by atoms with E-state index in [0.717, 1.165) is 18.4 Å². The lowest BCUT2D eigenvalue weighted by Gasteiger charge is -2.19. The number of hydrogen-bond donors (Lipinski definition) is 3. The summed E-state index contributed by atoms with van der Waals surface area (Å²) < 4.78 is 5.07. The Labute approximate surface area is 159 Å². The van der Waals surface area contributed by atoms with Crippen molar-refractivity contribution in [1.29, 1.82) is 0 Å². The zero-order chi connectivity index (χ0) is 20.0. The van der Waals surface area contributed by atoms with Crippen molar-refractivity contribution in [3.8, 4) is 0 Å². The molecule has 0 atom stereocenters. The Morgan fingerprint density at radius 2 is 1.78 bits per heavy atom. The molecule has 1 aliphatic carbocycles. The van der Waals surface area contributed by atoms with Crippen molar-refractivity contribution < 1.29 is 19.1 Å². The van der Waals surface area contributed by atoms with Gasteiger partial charge in [0.1, 0.15) is 12.1 Å². The average molecular weight is 373 g/mol. The van der Waals surface area contributed by atoms with Crippen molar-refractivity contribution in [1.82, 2.24) is 5.32 Å². The minimum absolute atomic E-state index is 0.186. The molecular weight excluding hydrogens is 346 g/mol. The van der Waals surface area contributed by atoms with Crippen LogP contribution in [0.5, 0.6) is 0 Å². The van der Waals surface area contributed by atoms with Crippen molar-refractivity contribution in [2.24, 2.45) is 5.92 Å². The monoisotopic (exact) mass is 373 g/mol. The third kappa shape index (κ3) is 7.94. The second kappa shape index (κ2) is 8.70. The number of allylic oxidation sites excluding steroid dienone is 1. The van der Waals surface area contributed by atoms with Crippen molar-refractivity contribution in [2.75, 3.05) is 17.2 Å². The number of ether oxygens (including phenoxy) is 1. The maximum Gasteiger partial charge on any atom is 0.408 e. The van der Waals surface area contributed by atoms with Gasteiger partial charge < -0.3 is 20.7 Å². The van der Waals surface area contributed by atoms with Gasteiger partial charge in [0.05, 0.1) is 0 Å². The van der Waals surface area contributed by atoms with Crippen LogP contribution >= 0.6 is 0 Å². The lowest BCUT2D eigenvalue weighted by atomic mass is 10.2. The van der Waals surface area contributed by atoms with Gasteiger partial charge in [0.25, 0.3) is 0 Å². The summed E-state index contributed by atoms with van der Waals surface area (Å²) in [7, 11) is 0. The Kier molecular flexibility index (Phi) is 6.60. The number of nitrogens with one attached hydrogen (secondary N) is 3. The molecule has 2 rings (SSSR count). The molecule has 0 bridgehead atoms. The molecule has 3 N–H and O–H groups in total. The molecule has 1 aromatic carbocycles. The molecule has 7 heteroatoms. The molecule has 0 radical (unpaired) electrons. The summed E-state index contributed by atoms with van der Waals surface area (Å²) in [5, 5.41) is 7.85. The molecule has 0 heterocycles. The Hall–Kier alpha value is -2.83. The van der Waals surface area contributed by atoms with E-state index in [0.29, 0.717) is 17.3 Å². The first kappa shape index (κ1) is 20.5. The molecule has 0 unspecified atom stereocenters. The molecular formula is C20H27N3O4. The molecule has 7 nitrogen and oxygen atoms in total. The fraction of sp³-hybridized carbons (Fsp3) is 0.450. The van der Waals surface area contributed by atoms with Gasteiger partial charge in [-0.1, -0.05) is 11.6 Å². The third-order valence-corrected chi connectivity index (χ3v) is 3.79. The molecule has 1 fully saturated rings. The predicted molar refractivity (Wildman–Crippen MR) is 104 cm³/mol. The highest BCUT2D eigenvalue weighted by molar-refractivity contribution is 6.00. The molecule has 27 heavy (non-hydrogen) atoms. The van der Waals surface area contributed by atoms with Gasteiger partial charge in [-0.15, -0.1) is 0 Å². The average Bonchev–Trinajstić information content (AvgIpc) is 3.36. The summed E-state index contributed by atoms with van der Waals surface area (Å²) in [4.78, 5) is 35.6. The van der Waals surface area contributed by atoms with E-state index in [1.165, 1.54) is 0 Å². The van der Waals surface area contributed by atoms with Gasteiger partial charge >= 0.3 is 6.09 Å². The normalized spacial score (nSPS) is 14.3. The van der Waals surface area contributed by atoms with Crippen LogP contribution in [0, 0.1) is 5.92 Å². The highest BCUT2D eigenvalue weighted by atomic mass is 16.6. The van der Waals surface area contributed by atoms with Gasteiger partial charge in [0.15, 0.2) is 0 Å². The van der Waals surface area contributed by atoms with E-state index in [1.807, 2.05) is 6.92 Å². The number of amides is 3. The molecule has 0 aromatic heterocycles. The third-order valence-electron chi connectivity index (χ3n) is 3.79. The highest BCUT2D eigenvalue weighted by Gasteiger charge is 2.23. The van der Waals surface area contributed by atoms with Crippen molar-refractivity contribution in [3.63, 3.8) is 0 Å². The van der Waals surface area contributed by atoms with Gasteiger partial charge in [0.2, 0.25) is 11.8 Å². The fourth-order valence-electron chi connectivity index (χ4n) is 2.39. The lowest BCUT2D eigenvalue weighted by Crippen LogP contribution is -2.37. The van der Waals surface area contributed by atoms with Gasteiger partial charge in [-0.05, 0) is 64.7 Å². The van der Waals surface area contributed by atoms with E-state index in [2.05, 4.69) is 16.0 Å². The van der Waals surface area contributed by atoms with E-state index in [4.69, 9.17) is 4.74 Å². The maximum atomic E-state index is 12.0. The number of benzene rings is 1. The highest BCUT2D eigenvalue weighted by Crippen LogP contribution is 2.35. The Morgan fingerprint density at radius 3 is 2.37 bits per heavy atom. The SMILES string of the molecule is C/C(=C\C(=O)Nc1cccc(NC(=O)CNC(=O)OC(C)(C)C)c1)C1CC1. The zero-order valence-corrected chi connectivity index (χ0v) is 16.2. The molecule has 0 saturated heterocycles. The van der Waals surface area contributed by atoms with Gasteiger partial charge in [-0.25, -0.2) is 4.79 Å². The molecule has 0 spiro atoms. The van der Waals surface area contributed by atoms with Crippen LogP contribution in [0.25, 0.3) is 0 Å². The summed E-state index contributed by atoms with van der Waals surface area (Å²) in [6.07, 6.45) is 3.26. The van der Waals surface area contributed by atoms with Crippen LogP contribution in [0.3, 0.4) is 0 Å². The summed E-state index contributed by atoms with van der Waals surface area (Å²) in [5.41, 5.74) is 1.56. The Morgan fingerprint density at radius 1 is 1.15 bits per heavy atom. The number of carbonyl (C=O) groups is 3. The number of alkyl carbamates (subject to hydrolysis) is 1. The minimum Gasteiger partial charge on any atom is -0.444 e. The molecule has 1 aromatic rings. The quantitative estimate of drug-likeness (QED) is 0.666. The molecule has 3 amide bonds. The number of rotatable bonds is 6. The predicted octanol–water partition coefficient (Wildman–Crippen LogP) is 3.44. The van der Waals surface area contributed by atoms with Crippen molar-refractivity contribution in [2.45, 2.75) is 46.1 Å². The van der Waals surface area contributed by atoms with Crippen LogP contribution in [0.2, 0.25) is 0 Å². The fourth-order valence-corrected chi connectivity index (χ4v) is 2.39. The number of carbonyl (C=O) groups excluding carboxylic acids is 3. The summed E-state index contributed by atoms with van der Waals surface area (Å²) in [6.45, 7) is 6.98. The number of anilines is 2. The van der Waals surface area contributed by atoms with E-state index in [1.54, 1.807) is 51.1 Å². The van der Waals surface area contributed by atoms with Gasteiger partial charge in [0, 0.05) is 17.5 Å².